The molecule has 4 aliphatic heterocycles. The Morgan fingerprint density at radius 1 is 1.00 bits per heavy atom. The van der Waals surface area contributed by atoms with Crippen molar-refractivity contribution in [2.24, 2.45) is 5.92 Å². The molecular formula is C33H41F2N5O2S. The van der Waals surface area contributed by atoms with E-state index in [1.54, 1.807) is 22.8 Å². The highest BCUT2D eigenvalue weighted by atomic mass is 32.2. The molecule has 3 aromatic rings. The molecule has 0 radical (unpaired) electrons. The molecule has 0 saturated carbocycles. The highest BCUT2D eigenvalue weighted by molar-refractivity contribution is 7.85. The van der Waals surface area contributed by atoms with E-state index < -0.39 is 22.6 Å². The van der Waals surface area contributed by atoms with Gasteiger partial charge in [0.25, 0.3) is 11.5 Å². The van der Waals surface area contributed by atoms with Gasteiger partial charge in [0.15, 0.2) is 0 Å². The number of pyridine rings is 1. The second kappa shape index (κ2) is 12.9. The number of hydrogen-bond acceptors (Lipinski definition) is 6. The fraction of sp³-hybridized carbons (Fsp3) is 0.545. The zero-order valence-corrected chi connectivity index (χ0v) is 25.7. The van der Waals surface area contributed by atoms with Gasteiger partial charge in [-0.3, -0.25) is 18.5 Å². The van der Waals surface area contributed by atoms with Gasteiger partial charge in [-0.1, -0.05) is 30.4 Å². The van der Waals surface area contributed by atoms with Crippen LogP contribution < -0.4 is 10.9 Å². The Balaban J connectivity index is 1.40. The van der Waals surface area contributed by atoms with Gasteiger partial charge in [-0.15, -0.1) is 0 Å². The summed E-state index contributed by atoms with van der Waals surface area (Å²) in [7, 11) is -0.830. The molecule has 0 amide bonds. The number of allylic oxidation sites excluding steroid dienone is 1. The molecule has 7 rings (SSSR count). The molecule has 6 heterocycles. The van der Waals surface area contributed by atoms with Gasteiger partial charge in [-0.05, 0) is 88.6 Å². The number of benzene rings is 1. The number of piperidine rings is 1. The lowest BCUT2D eigenvalue weighted by molar-refractivity contribution is -0.0847. The second-order valence-electron chi connectivity index (χ2n) is 12.3. The van der Waals surface area contributed by atoms with Gasteiger partial charge in [0.2, 0.25) is 0 Å². The van der Waals surface area contributed by atoms with Crippen LogP contribution in [0.4, 0.5) is 14.6 Å². The molecule has 2 saturated heterocycles. The minimum absolute atomic E-state index is 0.0262. The highest BCUT2D eigenvalue weighted by Gasteiger charge is 2.42. The summed E-state index contributed by atoms with van der Waals surface area (Å²) in [4.78, 5) is 25.6. The molecule has 10 heteroatoms. The van der Waals surface area contributed by atoms with Crippen LogP contribution in [0, 0.1) is 12.8 Å². The molecular weight excluding hydrogens is 568 g/mol. The number of aryl methyl sites for hydroxylation is 2. The molecule has 1 aromatic carbocycles. The van der Waals surface area contributed by atoms with Gasteiger partial charge in [0.1, 0.15) is 17.3 Å². The topological polar surface area (TPSA) is 80.1 Å². The van der Waals surface area contributed by atoms with Crippen molar-refractivity contribution in [3.8, 4) is 0 Å². The predicted molar refractivity (Wildman–Crippen MR) is 168 cm³/mol. The fourth-order valence-electron chi connectivity index (χ4n) is 6.78. The first kappa shape index (κ1) is 30.1. The third-order valence-corrected chi connectivity index (χ3v) is 10.7. The molecule has 1 N–H and O–H groups in total. The van der Waals surface area contributed by atoms with Crippen molar-refractivity contribution in [2.75, 3.05) is 36.5 Å². The Labute approximate surface area is 254 Å². The Morgan fingerprint density at radius 3 is 2.58 bits per heavy atom. The molecule has 0 spiro atoms. The van der Waals surface area contributed by atoms with E-state index in [9.17, 15) is 9.00 Å². The van der Waals surface area contributed by atoms with Gasteiger partial charge < -0.3 is 5.32 Å². The summed E-state index contributed by atoms with van der Waals surface area (Å²) >= 11 is 0. The largest absolute Gasteiger partial charge is 0.365 e. The van der Waals surface area contributed by atoms with Gasteiger partial charge in [-0.2, -0.15) is 0 Å². The monoisotopic (exact) mass is 609 g/mol. The van der Waals surface area contributed by atoms with Crippen LogP contribution in [-0.2, 0) is 29.8 Å². The van der Waals surface area contributed by atoms with Crippen molar-refractivity contribution in [3.05, 3.63) is 75.4 Å². The first-order valence-electron chi connectivity index (χ1n) is 15.6. The van der Waals surface area contributed by atoms with Crippen molar-refractivity contribution in [1.82, 2.24) is 19.4 Å². The maximum absolute atomic E-state index is 15.7. The lowest BCUT2D eigenvalue weighted by Crippen LogP contribution is -2.39. The van der Waals surface area contributed by atoms with E-state index in [1.807, 2.05) is 19.1 Å². The minimum Gasteiger partial charge on any atom is -0.365 e. The summed E-state index contributed by atoms with van der Waals surface area (Å²) in [6, 6.07) is 8.65. The molecule has 0 unspecified atom stereocenters. The number of alkyl halides is 2. The number of halogens is 2. The lowest BCUT2D eigenvalue weighted by atomic mass is 9.86. The summed E-state index contributed by atoms with van der Waals surface area (Å²) in [5.74, 6) is -1.20. The number of nitrogens with zero attached hydrogens (tertiary/aromatic N) is 4. The zero-order valence-electron chi connectivity index (χ0n) is 24.9. The lowest BCUT2D eigenvalue weighted by Gasteiger charge is -2.35. The molecule has 2 fully saturated rings. The smallest absolute Gasteiger partial charge is 0.276 e. The zero-order chi connectivity index (χ0) is 30.0. The quantitative estimate of drug-likeness (QED) is 0.347. The highest BCUT2D eigenvalue weighted by Crippen LogP contribution is 2.42. The Kier molecular flexibility index (Phi) is 9.05. The summed E-state index contributed by atoms with van der Waals surface area (Å²) in [6.45, 7) is 4.79. The van der Waals surface area contributed by atoms with E-state index in [0.717, 1.165) is 42.3 Å². The maximum Gasteiger partial charge on any atom is 0.276 e. The minimum atomic E-state index is -2.90. The number of aromatic nitrogens is 3. The van der Waals surface area contributed by atoms with Crippen LogP contribution in [0.25, 0.3) is 11.0 Å². The number of rotatable bonds is 1. The first-order chi connectivity index (χ1) is 20.8. The van der Waals surface area contributed by atoms with E-state index in [2.05, 4.69) is 22.4 Å². The van der Waals surface area contributed by atoms with Crippen LogP contribution in [0.2, 0.25) is 0 Å². The number of hydrogen-bond donors (Lipinski definition) is 1. The molecule has 230 valence electrons. The van der Waals surface area contributed by atoms with E-state index in [1.165, 1.54) is 0 Å². The molecule has 43 heavy (non-hydrogen) atoms. The van der Waals surface area contributed by atoms with Crippen molar-refractivity contribution >= 4 is 27.7 Å². The van der Waals surface area contributed by atoms with Gasteiger partial charge in [0, 0.05) is 59.0 Å². The summed E-state index contributed by atoms with van der Waals surface area (Å²) in [5, 5.41) is 4.16. The standard InChI is InChI=1S/C33H41F2N5O2S/c1-23-37-30-29-21-28(25-12-18-43(42)19-13-25)32(41)40(31(29)38-23)15-6-4-2-3-5-14-39-16-10-26(11-17-39)33(34,35)27-9-7-8-24(20-27)22-36-30/h3,5,7-9,20-21,25-26H,2,4,6,10-19,22H2,1H3,(H,36,37,38)/b5-3-. The van der Waals surface area contributed by atoms with E-state index in [0.29, 0.717) is 80.7 Å². The summed E-state index contributed by atoms with van der Waals surface area (Å²) in [5.41, 5.74) is 2.10. The van der Waals surface area contributed by atoms with Gasteiger partial charge in [0.05, 0.1) is 5.39 Å². The van der Waals surface area contributed by atoms with Crippen LogP contribution in [0.5, 0.6) is 0 Å². The Hall–Kier alpha value is -2.98. The van der Waals surface area contributed by atoms with Crippen molar-refractivity contribution in [2.45, 2.75) is 76.8 Å². The third kappa shape index (κ3) is 6.60. The number of fused-ring (bicyclic) bond motifs is 8. The van der Waals surface area contributed by atoms with E-state index in [-0.39, 0.29) is 17.0 Å². The third-order valence-electron chi connectivity index (χ3n) is 9.32. The summed E-state index contributed by atoms with van der Waals surface area (Å²) < 4.78 is 45.3. The Morgan fingerprint density at radius 2 is 1.79 bits per heavy atom. The van der Waals surface area contributed by atoms with Crippen molar-refractivity contribution < 1.29 is 13.0 Å². The molecule has 4 aliphatic rings. The normalized spacial score (nSPS) is 27.3. The maximum atomic E-state index is 15.7. The van der Waals surface area contributed by atoms with Crippen molar-refractivity contribution in [1.29, 1.82) is 0 Å². The summed E-state index contributed by atoms with van der Waals surface area (Å²) in [6.07, 6.45) is 9.35. The van der Waals surface area contributed by atoms with E-state index in [4.69, 9.17) is 9.97 Å². The van der Waals surface area contributed by atoms with Crippen LogP contribution in [-0.4, -0.2) is 54.8 Å². The number of nitrogens with one attached hydrogen (secondary N) is 1. The van der Waals surface area contributed by atoms with E-state index >= 15 is 8.78 Å². The molecule has 2 aromatic heterocycles. The Bertz CT molecular complexity index is 1570. The second-order valence-corrected chi connectivity index (χ2v) is 14.0. The molecule has 7 nitrogen and oxygen atoms in total. The molecule has 0 atom stereocenters. The van der Waals surface area contributed by atoms with Crippen LogP contribution >= 0.6 is 0 Å². The predicted octanol–water partition coefficient (Wildman–Crippen LogP) is 5.88. The fourth-order valence-corrected chi connectivity index (χ4v) is 8.07. The molecule has 0 aliphatic carbocycles. The van der Waals surface area contributed by atoms with Crippen LogP contribution in [0.3, 0.4) is 0 Å². The molecule has 8 bridgehead atoms. The van der Waals surface area contributed by atoms with Gasteiger partial charge in [-0.25, -0.2) is 18.7 Å². The van der Waals surface area contributed by atoms with Crippen molar-refractivity contribution in [3.63, 3.8) is 0 Å². The van der Waals surface area contributed by atoms with Crippen LogP contribution in [0.15, 0.2) is 47.3 Å². The van der Waals surface area contributed by atoms with Crippen LogP contribution in [0.1, 0.15) is 73.4 Å². The average molecular weight is 610 g/mol. The SMILES string of the molecule is Cc1nc2c3cc(C4CCS(=O)CC4)c(=O)n(c3n1)CCCC/C=C\CN1CCC(CC1)C(F)(F)c1cccc(c1)CN2. The average Bonchev–Trinajstić information content (AvgIpc) is 3.00. The first-order valence-corrected chi connectivity index (χ1v) is 17.1. The van der Waals surface area contributed by atoms with Gasteiger partial charge >= 0.3 is 0 Å². The number of anilines is 1.